The minimum atomic E-state index is -0.670. The second kappa shape index (κ2) is 8.23. The van der Waals surface area contributed by atoms with E-state index in [4.69, 9.17) is 4.74 Å². The molecule has 2 aromatic rings. The fraction of sp³-hybridized carbons (Fsp3) is 0.524. The molecule has 3 rings (SSSR count). The zero-order valence-electron chi connectivity index (χ0n) is 17.7. The van der Waals surface area contributed by atoms with E-state index in [1.54, 1.807) is 16.7 Å². The van der Waals surface area contributed by atoms with Gasteiger partial charge in [0.15, 0.2) is 0 Å². The Hall–Kier alpha value is -2.90. The summed E-state index contributed by atoms with van der Waals surface area (Å²) in [7, 11) is 1.62. The van der Waals surface area contributed by atoms with Gasteiger partial charge in [0.05, 0.1) is 24.8 Å². The zero-order valence-corrected chi connectivity index (χ0v) is 17.7. The second-order valence-corrected chi connectivity index (χ2v) is 8.32. The molecule has 29 heavy (non-hydrogen) atoms. The Balaban J connectivity index is 1.61. The van der Waals surface area contributed by atoms with E-state index >= 15 is 0 Å². The number of carbonyl (C=O) groups excluding carboxylic acids is 2. The highest BCUT2D eigenvalue weighted by Gasteiger charge is 2.37. The number of rotatable bonds is 7. The molecule has 0 bridgehead atoms. The van der Waals surface area contributed by atoms with Gasteiger partial charge >= 0.3 is 0 Å². The first-order valence-electron chi connectivity index (χ1n) is 9.84. The Bertz CT molecular complexity index is 873. The molecule has 1 aromatic carbocycles. The number of hydrogen-bond acceptors (Lipinski definition) is 5. The first kappa shape index (κ1) is 20.8. The van der Waals surface area contributed by atoms with Crippen LogP contribution in [0.5, 0.6) is 5.75 Å². The van der Waals surface area contributed by atoms with E-state index in [9.17, 15) is 9.59 Å². The van der Waals surface area contributed by atoms with Crippen LogP contribution in [-0.4, -0.2) is 45.4 Å². The molecule has 0 radical (unpaired) electrons. The molecule has 156 valence electrons. The number of ether oxygens (including phenoxy) is 1. The van der Waals surface area contributed by atoms with Gasteiger partial charge < -0.3 is 15.0 Å². The summed E-state index contributed by atoms with van der Waals surface area (Å²) in [6, 6.07) is 7.79. The van der Waals surface area contributed by atoms with Gasteiger partial charge in [-0.2, -0.15) is 0 Å². The minimum absolute atomic E-state index is 0.00970. The van der Waals surface area contributed by atoms with Crippen LogP contribution in [0.1, 0.15) is 51.4 Å². The Morgan fingerprint density at radius 2 is 2.00 bits per heavy atom. The molecule has 1 fully saturated rings. The smallest absolute Gasteiger partial charge is 0.226 e. The number of nitrogens with one attached hydrogen (secondary N) is 1. The number of nitrogens with zero attached hydrogens (tertiary/aromatic N) is 4. The molecule has 1 atom stereocenters. The van der Waals surface area contributed by atoms with Crippen molar-refractivity contribution < 1.29 is 14.3 Å². The minimum Gasteiger partial charge on any atom is -0.497 e. The summed E-state index contributed by atoms with van der Waals surface area (Å²) in [5, 5.41) is 11.4. The van der Waals surface area contributed by atoms with Crippen molar-refractivity contribution >= 4 is 11.8 Å². The van der Waals surface area contributed by atoms with Gasteiger partial charge in [0, 0.05) is 25.6 Å². The zero-order chi connectivity index (χ0) is 21.2. The molecule has 1 aliphatic heterocycles. The quantitative estimate of drug-likeness (QED) is 0.771. The van der Waals surface area contributed by atoms with Crippen molar-refractivity contribution in [1.82, 2.24) is 25.2 Å². The average molecular weight is 399 g/mol. The third-order valence-corrected chi connectivity index (χ3v) is 5.23. The van der Waals surface area contributed by atoms with E-state index in [1.807, 2.05) is 58.2 Å². The van der Waals surface area contributed by atoms with Crippen LogP contribution >= 0.6 is 0 Å². The van der Waals surface area contributed by atoms with E-state index in [1.165, 1.54) is 0 Å². The predicted octanol–water partition coefficient (Wildman–Crippen LogP) is 2.27. The molecule has 1 aromatic heterocycles. The number of aromatic nitrogens is 3. The van der Waals surface area contributed by atoms with Crippen molar-refractivity contribution in [2.24, 2.45) is 5.92 Å². The van der Waals surface area contributed by atoms with Gasteiger partial charge in [-0.15, -0.1) is 5.10 Å². The molecular weight excluding hydrogens is 370 g/mol. The van der Waals surface area contributed by atoms with Crippen molar-refractivity contribution in [1.29, 1.82) is 0 Å². The number of hydrogen-bond donors (Lipinski definition) is 1. The van der Waals surface area contributed by atoms with Crippen LogP contribution in [0.15, 0.2) is 30.5 Å². The first-order chi connectivity index (χ1) is 13.7. The van der Waals surface area contributed by atoms with Gasteiger partial charge in [-0.25, -0.2) is 4.68 Å². The fourth-order valence-corrected chi connectivity index (χ4v) is 3.34. The maximum atomic E-state index is 12.8. The molecule has 0 aliphatic carbocycles. The van der Waals surface area contributed by atoms with Crippen LogP contribution < -0.4 is 10.1 Å². The molecule has 1 saturated heterocycles. The topological polar surface area (TPSA) is 89.3 Å². The molecule has 2 heterocycles. The van der Waals surface area contributed by atoms with E-state index in [0.29, 0.717) is 18.8 Å². The third-order valence-electron chi connectivity index (χ3n) is 5.23. The monoisotopic (exact) mass is 399 g/mol. The standard InChI is InChI=1S/C21H29N5O3/c1-14(2)26-13-18(23-24-26)21(3,4)22-20(28)16-10-19(27)25(12-16)11-15-6-8-17(29-5)9-7-15/h6-9,13-14,16H,10-12H2,1-5H3,(H,22,28). The Morgan fingerprint density at radius 1 is 1.31 bits per heavy atom. The van der Waals surface area contributed by atoms with Gasteiger partial charge in [0.25, 0.3) is 0 Å². The third kappa shape index (κ3) is 4.75. The van der Waals surface area contributed by atoms with Gasteiger partial charge in [0.2, 0.25) is 11.8 Å². The molecule has 2 amide bonds. The molecule has 1 N–H and O–H groups in total. The van der Waals surface area contributed by atoms with E-state index in [2.05, 4.69) is 15.6 Å². The van der Waals surface area contributed by atoms with E-state index in [-0.39, 0.29) is 30.2 Å². The van der Waals surface area contributed by atoms with E-state index in [0.717, 1.165) is 11.3 Å². The largest absolute Gasteiger partial charge is 0.497 e. The van der Waals surface area contributed by atoms with Crippen molar-refractivity contribution in [2.75, 3.05) is 13.7 Å². The van der Waals surface area contributed by atoms with Crippen LogP contribution in [0.4, 0.5) is 0 Å². The van der Waals surface area contributed by atoms with Crippen molar-refractivity contribution in [3.63, 3.8) is 0 Å². The lowest BCUT2D eigenvalue weighted by atomic mass is 9.99. The van der Waals surface area contributed by atoms with Crippen molar-refractivity contribution in [3.8, 4) is 5.75 Å². The van der Waals surface area contributed by atoms with Crippen LogP contribution in [0.2, 0.25) is 0 Å². The van der Waals surface area contributed by atoms with Gasteiger partial charge in [-0.1, -0.05) is 17.3 Å². The Labute approximate surface area is 171 Å². The van der Waals surface area contributed by atoms with Crippen LogP contribution in [0.3, 0.4) is 0 Å². The van der Waals surface area contributed by atoms with Crippen molar-refractivity contribution in [2.45, 2.75) is 52.2 Å². The lowest BCUT2D eigenvalue weighted by Crippen LogP contribution is -2.44. The number of methoxy groups -OCH3 is 1. The molecule has 1 unspecified atom stereocenters. The second-order valence-electron chi connectivity index (χ2n) is 8.32. The highest BCUT2D eigenvalue weighted by atomic mass is 16.5. The molecule has 1 aliphatic rings. The van der Waals surface area contributed by atoms with Gasteiger partial charge in [0.1, 0.15) is 11.4 Å². The number of benzene rings is 1. The van der Waals surface area contributed by atoms with Gasteiger partial charge in [-0.05, 0) is 45.4 Å². The Morgan fingerprint density at radius 3 is 2.59 bits per heavy atom. The molecular formula is C21H29N5O3. The lowest BCUT2D eigenvalue weighted by molar-refractivity contribution is -0.129. The van der Waals surface area contributed by atoms with Crippen LogP contribution in [0, 0.1) is 5.92 Å². The summed E-state index contributed by atoms with van der Waals surface area (Å²) >= 11 is 0. The molecule has 0 spiro atoms. The average Bonchev–Trinajstić information content (AvgIpc) is 3.30. The maximum Gasteiger partial charge on any atom is 0.226 e. The maximum absolute atomic E-state index is 12.8. The molecule has 8 heteroatoms. The highest BCUT2D eigenvalue weighted by Crippen LogP contribution is 2.24. The molecule has 8 nitrogen and oxygen atoms in total. The number of likely N-dealkylation sites (tertiary alicyclic amines) is 1. The molecule has 0 saturated carbocycles. The fourth-order valence-electron chi connectivity index (χ4n) is 3.34. The van der Waals surface area contributed by atoms with Crippen LogP contribution in [0.25, 0.3) is 0 Å². The SMILES string of the molecule is COc1ccc(CN2CC(C(=O)NC(C)(C)c3cn(C(C)C)nn3)CC2=O)cc1. The Kier molecular flexibility index (Phi) is 5.91. The summed E-state index contributed by atoms with van der Waals surface area (Å²) < 4.78 is 6.92. The predicted molar refractivity (Wildman–Crippen MR) is 108 cm³/mol. The summed E-state index contributed by atoms with van der Waals surface area (Å²) in [4.78, 5) is 27.0. The lowest BCUT2D eigenvalue weighted by Gasteiger charge is -2.25. The normalized spacial score (nSPS) is 17.1. The summed E-state index contributed by atoms with van der Waals surface area (Å²) in [6.45, 7) is 8.72. The number of amides is 2. The highest BCUT2D eigenvalue weighted by molar-refractivity contribution is 5.89. The van der Waals surface area contributed by atoms with Gasteiger partial charge in [-0.3, -0.25) is 9.59 Å². The summed E-state index contributed by atoms with van der Waals surface area (Å²) in [5.74, 6) is 0.250. The number of carbonyl (C=O) groups is 2. The first-order valence-corrected chi connectivity index (χ1v) is 9.84. The summed E-state index contributed by atoms with van der Waals surface area (Å²) in [5.41, 5.74) is 1.03. The van der Waals surface area contributed by atoms with E-state index < -0.39 is 5.54 Å². The summed E-state index contributed by atoms with van der Waals surface area (Å²) in [6.07, 6.45) is 2.07. The van der Waals surface area contributed by atoms with Crippen LogP contribution in [-0.2, 0) is 21.7 Å². The van der Waals surface area contributed by atoms with Crippen molar-refractivity contribution in [3.05, 3.63) is 41.7 Å².